The van der Waals surface area contributed by atoms with E-state index in [-0.39, 0.29) is 10.8 Å². The summed E-state index contributed by atoms with van der Waals surface area (Å²) < 4.78 is 13.3. The van der Waals surface area contributed by atoms with Crippen LogP contribution >= 0.6 is 11.6 Å². The molecule has 0 saturated heterocycles. The van der Waals surface area contributed by atoms with E-state index in [4.69, 9.17) is 11.6 Å². The number of benzene rings is 1. The molecule has 0 radical (unpaired) electrons. The second-order valence-corrected chi connectivity index (χ2v) is 4.98. The minimum atomic E-state index is -0.377. The average Bonchev–Trinajstić information content (AvgIpc) is 2.41. The molecule has 0 fully saturated rings. The number of rotatable bonds is 1. The number of fused-ring (bicyclic) bond motifs is 1. The largest absolute Gasteiger partial charge is 0.383 e. The summed E-state index contributed by atoms with van der Waals surface area (Å²) in [6.45, 7) is 6.13. The third-order valence-corrected chi connectivity index (χ3v) is 3.40. The van der Waals surface area contributed by atoms with E-state index in [1.165, 1.54) is 6.07 Å². The molecule has 1 atom stereocenters. The van der Waals surface area contributed by atoms with Crippen LogP contribution in [0.5, 0.6) is 0 Å². The molecule has 1 aliphatic rings. The normalized spacial score (nSPS) is 19.7. The monoisotopic (exact) mass is 242 g/mol. The Morgan fingerprint density at radius 1 is 1.25 bits per heavy atom. The fraction of sp³-hybridized carbons (Fsp3) is 0.500. The predicted molar refractivity (Wildman–Crippen MR) is 66.7 cm³/mol. The Morgan fingerprint density at radius 2 is 1.81 bits per heavy atom. The molecule has 0 aromatic heterocycles. The lowest BCUT2D eigenvalue weighted by molar-refractivity contribution is 0.426. The summed E-state index contributed by atoms with van der Waals surface area (Å²) in [7, 11) is 0. The maximum Gasteiger partial charge on any atom is 0.143 e. The quantitative estimate of drug-likeness (QED) is 0.787. The van der Waals surface area contributed by atoms with Crippen molar-refractivity contribution in [1.82, 2.24) is 0 Å². The van der Waals surface area contributed by atoms with E-state index < -0.39 is 0 Å². The van der Waals surface area contributed by atoms with Crippen LogP contribution in [-0.2, 0) is 0 Å². The summed E-state index contributed by atoms with van der Waals surface area (Å²) in [5, 5.41) is 6.74. The first-order chi connectivity index (χ1) is 7.58. The van der Waals surface area contributed by atoms with Crippen molar-refractivity contribution in [1.29, 1.82) is 0 Å². The molecule has 1 aliphatic heterocycles. The Labute approximate surface area is 100 Å². The minimum Gasteiger partial charge on any atom is -0.383 e. The van der Waals surface area contributed by atoms with Crippen molar-refractivity contribution in [3.8, 4) is 0 Å². The van der Waals surface area contributed by atoms with Crippen molar-refractivity contribution in [2.24, 2.45) is 11.8 Å². The Hall–Kier alpha value is -0.960. The molecular weight excluding hydrogens is 227 g/mol. The van der Waals surface area contributed by atoms with Gasteiger partial charge in [0.15, 0.2) is 0 Å². The van der Waals surface area contributed by atoms with Gasteiger partial charge in [-0.15, -0.1) is 0 Å². The van der Waals surface area contributed by atoms with Crippen LogP contribution in [0.4, 0.5) is 15.8 Å². The van der Waals surface area contributed by atoms with E-state index in [0.717, 1.165) is 24.5 Å². The lowest BCUT2D eigenvalue weighted by atomic mass is 9.96. The molecule has 0 amide bonds. The highest BCUT2D eigenvalue weighted by molar-refractivity contribution is 6.31. The third kappa shape index (κ3) is 2.24. The van der Waals surface area contributed by atoms with E-state index in [2.05, 4.69) is 24.5 Å². The first-order valence-electron chi connectivity index (χ1n) is 5.54. The van der Waals surface area contributed by atoms with Gasteiger partial charge in [-0.2, -0.15) is 0 Å². The van der Waals surface area contributed by atoms with Gasteiger partial charge in [0.1, 0.15) is 5.82 Å². The number of anilines is 2. The third-order valence-electron chi connectivity index (χ3n) is 3.11. The SMILES string of the molecule is CC(C)C1CNc2cc(F)c(Cl)cc2NC1. The summed E-state index contributed by atoms with van der Waals surface area (Å²) >= 11 is 5.76. The molecule has 0 spiro atoms. The molecule has 0 aliphatic carbocycles. The molecule has 2 rings (SSSR count). The van der Waals surface area contributed by atoms with Crippen LogP contribution in [0.15, 0.2) is 12.1 Å². The van der Waals surface area contributed by atoms with E-state index >= 15 is 0 Å². The molecule has 1 aromatic rings. The Bertz CT molecular complexity index is 360. The molecule has 1 heterocycles. The van der Waals surface area contributed by atoms with Crippen molar-refractivity contribution in [3.05, 3.63) is 23.0 Å². The molecule has 1 aromatic carbocycles. The highest BCUT2D eigenvalue weighted by Crippen LogP contribution is 2.31. The van der Waals surface area contributed by atoms with Crippen LogP contribution in [0.3, 0.4) is 0 Å². The average molecular weight is 243 g/mol. The van der Waals surface area contributed by atoms with Crippen LogP contribution in [0, 0.1) is 17.7 Å². The van der Waals surface area contributed by atoms with Gasteiger partial charge in [-0.05, 0) is 17.9 Å². The Balaban J connectivity index is 2.24. The maximum atomic E-state index is 13.3. The van der Waals surface area contributed by atoms with Gasteiger partial charge >= 0.3 is 0 Å². The zero-order chi connectivity index (χ0) is 11.7. The van der Waals surface area contributed by atoms with Crippen LogP contribution in [0.2, 0.25) is 5.02 Å². The van der Waals surface area contributed by atoms with Crippen molar-refractivity contribution in [2.45, 2.75) is 13.8 Å². The van der Waals surface area contributed by atoms with Gasteiger partial charge in [-0.1, -0.05) is 25.4 Å². The van der Waals surface area contributed by atoms with Crippen LogP contribution < -0.4 is 10.6 Å². The standard InChI is InChI=1S/C12H16ClFN2/c1-7(2)8-5-15-11-3-9(13)10(14)4-12(11)16-6-8/h3-4,7-8,15-16H,5-6H2,1-2H3. The van der Waals surface area contributed by atoms with Gasteiger partial charge in [0, 0.05) is 19.2 Å². The van der Waals surface area contributed by atoms with Gasteiger partial charge in [0.05, 0.1) is 16.4 Å². The molecule has 0 bridgehead atoms. The van der Waals surface area contributed by atoms with Crippen molar-refractivity contribution < 1.29 is 4.39 Å². The van der Waals surface area contributed by atoms with Gasteiger partial charge in [0.2, 0.25) is 0 Å². The second-order valence-electron chi connectivity index (χ2n) is 4.58. The van der Waals surface area contributed by atoms with Gasteiger partial charge < -0.3 is 10.6 Å². The fourth-order valence-electron chi connectivity index (χ4n) is 1.87. The Kier molecular flexibility index (Phi) is 3.24. The molecule has 16 heavy (non-hydrogen) atoms. The summed E-state index contributed by atoms with van der Waals surface area (Å²) in [6.07, 6.45) is 0. The highest BCUT2D eigenvalue weighted by Gasteiger charge is 2.19. The summed E-state index contributed by atoms with van der Waals surface area (Å²) in [5.74, 6) is 0.751. The molecule has 0 saturated carbocycles. The number of hydrogen-bond donors (Lipinski definition) is 2. The lowest BCUT2D eigenvalue weighted by Crippen LogP contribution is -2.23. The van der Waals surface area contributed by atoms with Crippen LogP contribution in [0.1, 0.15) is 13.8 Å². The summed E-state index contributed by atoms with van der Waals surface area (Å²) in [5.41, 5.74) is 1.68. The van der Waals surface area contributed by atoms with Crippen molar-refractivity contribution in [3.63, 3.8) is 0 Å². The number of hydrogen-bond acceptors (Lipinski definition) is 2. The predicted octanol–water partition coefficient (Wildman–Crippen LogP) is 3.59. The number of halogens is 2. The highest BCUT2D eigenvalue weighted by atomic mass is 35.5. The summed E-state index contributed by atoms with van der Waals surface area (Å²) in [6, 6.07) is 3.09. The zero-order valence-corrected chi connectivity index (χ0v) is 10.2. The maximum absolute atomic E-state index is 13.3. The smallest absolute Gasteiger partial charge is 0.143 e. The molecular formula is C12H16ClFN2. The van der Waals surface area contributed by atoms with E-state index in [1.807, 2.05) is 0 Å². The van der Waals surface area contributed by atoms with Crippen molar-refractivity contribution in [2.75, 3.05) is 23.7 Å². The van der Waals surface area contributed by atoms with E-state index in [9.17, 15) is 4.39 Å². The van der Waals surface area contributed by atoms with Gasteiger partial charge in [-0.25, -0.2) is 4.39 Å². The van der Waals surface area contributed by atoms with Crippen LogP contribution in [-0.4, -0.2) is 13.1 Å². The molecule has 2 nitrogen and oxygen atoms in total. The topological polar surface area (TPSA) is 24.1 Å². The van der Waals surface area contributed by atoms with Crippen LogP contribution in [0.25, 0.3) is 0 Å². The molecule has 88 valence electrons. The van der Waals surface area contributed by atoms with Gasteiger partial charge in [-0.3, -0.25) is 0 Å². The van der Waals surface area contributed by atoms with Crippen molar-refractivity contribution >= 4 is 23.0 Å². The van der Waals surface area contributed by atoms with E-state index in [0.29, 0.717) is 11.8 Å². The first-order valence-corrected chi connectivity index (χ1v) is 5.92. The number of nitrogens with one attached hydrogen (secondary N) is 2. The van der Waals surface area contributed by atoms with Gasteiger partial charge in [0.25, 0.3) is 0 Å². The Morgan fingerprint density at radius 3 is 2.38 bits per heavy atom. The molecule has 1 unspecified atom stereocenters. The lowest BCUT2D eigenvalue weighted by Gasteiger charge is -2.18. The first kappa shape index (κ1) is 11.5. The second kappa shape index (κ2) is 4.50. The zero-order valence-electron chi connectivity index (χ0n) is 9.48. The minimum absolute atomic E-state index is 0.163. The molecule has 4 heteroatoms. The van der Waals surface area contributed by atoms with E-state index in [1.54, 1.807) is 6.07 Å². The fourth-order valence-corrected chi connectivity index (χ4v) is 2.03. The summed E-state index contributed by atoms with van der Waals surface area (Å²) in [4.78, 5) is 0. The molecule has 2 N–H and O–H groups in total.